The van der Waals surface area contributed by atoms with Gasteiger partial charge < -0.3 is 25.2 Å². The molecule has 46 heavy (non-hydrogen) atoms. The average Bonchev–Trinajstić information content (AvgIpc) is 3.04. The van der Waals surface area contributed by atoms with Crippen LogP contribution in [0.2, 0.25) is 0 Å². The molecular formula is C37H48N4O5. The minimum absolute atomic E-state index is 0.0725. The summed E-state index contributed by atoms with van der Waals surface area (Å²) in [4.78, 5) is 56.8. The zero-order chi connectivity index (χ0) is 33.4. The van der Waals surface area contributed by atoms with E-state index in [0.29, 0.717) is 38.5 Å². The summed E-state index contributed by atoms with van der Waals surface area (Å²) in [5.41, 5.74) is 1.27. The molecule has 2 N–H and O–H groups in total. The third kappa shape index (κ3) is 9.08. The van der Waals surface area contributed by atoms with Crippen molar-refractivity contribution in [2.75, 3.05) is 21.1 Å². The second kappa shape index (κ2) is 15.3. The molecule has 1 fully saturated rings. The summed E-state index contributed by atoms with van der Waals surface area (Å²) in [5, 5.41) is 7.79. The maximum absolute atomic E-state index is 14.4. The van der Waals surface area contributed by atoms with Gasteiger partial charge in [0.05, 0.1) is 0 Å². The topological polar surface area (TPSA) is 108 Å². The molecule has 1 aliphatic carbocycles. The molecule has 0 heterocycles. The Hall–Kier alpha value is -4.40. The van der Waals surface area contributed by atoms with Gasteiger partial charge in [0.2, 0.25) is 17.7 Å². The van der Waals surface area contributed by atoms with Gasteiger partial charge in [0.15, 0.2) is 0 Å². The molecule has 9 nitrogen and oxygen atoms in total. The summed E-state index contributed by atoms with van der Waals surface area (Å²) in [6.07, 6.45) is 2.65. The van der Waals surface area contributed by atoms with Crippen molar-refractivity contribution >= 4 is 34.6 Å². The third-order valence-corrected chi connectivity index (χ3v) is 8.78. The molecule has 0 spiro atoms. The van der Waals surface area contributed by atoms with Crippen LogP contribution in [0.3, 0.4) is 0 Å². The van der Waals surface area contributed by atoms with Crippen molar-refractivity contribution in [1.29, 1.82) is 0 Å². The Labute approximate surface area is 272 Å². The first-order valence-electron chi connectivity index (χ1n) is 16.1. The first-order chi connectivity index (χ1) is 21.9. The van der Waals surface area contributed by atoms with Crippen LogP contribution in [0.4, 0.5) is 4.79 Å². The van der Waals surface area contributed by atoms with E-state index >= 15 is 0 Å². The van der Waals surface area contributed by atoms with Crippen molar-refractivity contribution < 1.29 is 23.9 Å². The molecule has 1 aliphatic rings. The molecule has 0 aliphatic heterocycles. The van der Waals surface area contributed by atoms with Crippen molar-refractivity contribution in [2.45, 2.75) is 83.0 Å². The Kier molecular flexibility index (Phi) is 11.4. The summed E-state index contributed by atoms with van der Waals surface area (Å²) in [7, 11) is 4.90. The van der Waals surface area contributed by atoms with E-state index in [9.17, 15) is 19.2 Å². The number of carbonyl (C=O) groups is 4. The zero-order valence-electron chi connectivity index (χ0n) is 27.9. The highest BCUT2D eigenvalue weighted by atomic mass is 16.6. The lowest BCUT2D eigenvalue weighted by molar-refractivity contribution is -0.149. The number of nitrogens with one attached hydrogen (secondary N) is 2. The summed E-state index contributed by atoms with van der Waals surface area (Å²) in [6.45, 7) is 5.47. The molecule has 9 heteroatoms. The molecule has 0 aromatic heterocycles. The van der Waals surface area contributed by atoms with Gasteiger partial charge in [-0.05, 0) is 68.4 Å². The lowest BCUT2D eigenvalue weighted by Gasteiger charge is -2.37. The predicted molar refractivity (Wildman–Crippen MR) is 180 cm³/mol. The number of nitrogens with zero attached hydrogens (tertiary/aromatic N) is 2. The highest BCUT2D eigenvalue weighted by Gasteiger charge is 2.38. The number of rotatable bonds is 10. The van der Waals surface area contributed by atoms with E-state index in [0.717, 1.165) is 21.9 Å². The van der Waals surface area contributed by atoms with Crippen molar-refractivity contribution in [2.24, 2.45) is 5.92 Å². The standard InChI is InChI=1S/C37H48N4O5/c1-37(2,3)46-36(45)39-30-20-18-28(19-21-30)34(43)41(6)32(24-26-16-17-27-14-10-11-15-29(27)22-26)35(44)40(5)31(33(42)38-4)23-25-12-8-7-9-13-25/h7-17,22,28,30-32H,18-21,23-24H2,1-6H3,(H,38,42)(H,39,45). The molecule has 2 unspecified atom stereocenters. The highest BCUT2D eigenvalue weighted by Crippen LogP contribution is 2.28. The fourth-order valence-electron chi connectivity index (χ4n) is 6.18. The van der Waals surface area contributed by atoms with Crippen molar-refractivity contribution in [3.8, 4) is 0 Å². The van der Waals surface area contributed by atoms with Gasteiger partial charge in [-0.25, -0.2) is 4.79 Å². The SMILES string of the molecule is CNC(=O)C(Cc1ccccc1)N(C)C(=O)C(Cc1ccc2ccccc2c1)N(C)C(=O)C1CCC(NC(=O)OC(C)(C)C)CC1. The van der Waals surface area contributed by atoms with E-state index in [1.54, 1.807) is 26.0 Å². The van der Waals surface area contributed by atoms with Crippen LogP contribution in [-0.4, -0.2) is 78.5 Å². The van der Waals surface area contributed by atoms with Gasteiger partial charge >= 0.3 is 6.09 Å². The average molecular weight is 629 g/mol. The Morgan fingerprint density at radius 1 is 0.783 bits per heavy atom. The summed E-state index contributed by atoms with van der Waals surface area (Å²) in [6, 6.07) is 22.1. The maximum atomic E-state index is 14.4. The molecule has 4 amide bonds. The minimum atomic E-state index is -0.820. The largest absolute Gasteiger partial charge is 0.444 e. The number of hydrogen-bond donors (Lipinski definition) is 2. The number of hydrogen-bond acceptors (Lipinski definition) is 5. The lowest BCUT2D eigenvalue weighted by Crippen LogP contribution is -2.56. The first kappa shape index (κ1) is 34.5. The fraction of sp³-hybridized carbons (Fsp3) is 0.459. The number of benzene rings is 3. The van der Waals surface area contributed by atoms with Gasteiger partial charge in [-0.2, -0.15) is 0 Å². The van der Waals surface area contributed by atoms with E-state index in [1.165, 1.54) is 4.90 Å². The van der Waals surface area contributed by atoms with Gasteiger partial charge in [0, 0.05) is 45.9 Å². The molecule has 3 aromatic rings. The molecular weight excluding hydrogens is 580 g/mol. The van der Waals surface area contributed by atoms with E-state index in [1.807, 2.05) is 87.5 Å². The van der Waals surface area contributed by atoms with E-state index in [-0.39, 0.29) is 29.7 Å². The van der Waals surface area contributed by atoms with E-state index < -0.39 is 23.8 Å². The van der Waals surface area contributed by atoms with Crippen LogP contribution in [0.5, 0.6) is 0 Å². The lowest BCUT2D eigenvalue weighted by atomic mass is 9.84. The van der Waals surface area contributed by atoms with Crippen LogP contribution in [0, 0.1) is 5.92 Å². The number of alkyl carbamates (subject to hydrolysis) is 1. The molecule has 1 saturated carbocycles. The molecule has 0 saturated heterocycles. The van der Waals surface area contributed by atoms with Gasteiger partial charge in [0.1, 0.15) is 17.7 Å². The zero-order valence-corrected chi connectivity index (χ0v) is 27.9. The third-order valence-electron chi connectivity index (χ3n) is 8.78. The van der Waals surface area contributed by atoms with E-state index in [2.05, 4.69) is 16.7 Å². The van der Waals surface area contributed by atoms with Crippen molar-refractivity contribution in [1.82, 2.24) is 20.4 Å². The highest BCUT2D eigenvalue weighted by molar-refractivity contribution is 5.93. The number of amides is 4. The molecule has 0 radical (unpaired) electrons. The Balaban J connectivity index is 1.54. The fourth-order valence-corrected chi connectivity index (χ4v) is 6.18. The number of fused-ring (bicyclic) bond motifs is 1. The Morgan fingerprint density at radius 2 is 1.39 bits per heavy atom. The second-order valence-corrected chi connectivity index (χ2v) is 13.3. The first-order valence-corrected chi connectivity index (χ1v) is 16.1. The van der Waals surface area contributed by atoms with Crippen LogP contribution < -0.4 is 10.6 Å². The predicted octanol–water partition coefficient (Wildman–Crippen LogP) is 5.11. The molecule has 2 atom stereocenters. The van der Waals surface area contributed by atoms with Crippen molar-refractivity contribution in [3.63, 3.8) is 0 Å². The van der Waals surface area contributed by atoms with Gasteiger partial charge in [-0.15, -0.1) is 0 Å². The second-order valence-electron chi connectivity index (χ2n) is 13.3. The number of likely N-dealkylation sites (N-methyl/N-ethyl adjacent to an activating group) is 3. The van der Waals surface area contributed by atoms with Gasteiger partial charge in [-0.1, -0.05) is 72.8 Å². The Morgan fingerprint density at radius 3 is 2.02 bits per heavy atom. The summed E-state index contributed by atoms with van der Waals surface area (Å²) >= 11 is 0. The molecule has 246 valence electrons. The molecule has 4 rings (SSSR count). The Bertz CT molecular complexity index is 1510. The summed E-state index contributed by atoms with van der Waals surface area (Å²) < 4.78 is 5.40. The van der Waals surface area contributed by atoms with Crippen LogP contribution >= 0.6 is 0 Å². The van der Waals surface area contributed by atoms with Crippen molar-refractivity contribution in [3.05, 3.63) is 83.9 Å². The molecule has 3 aromatic carbocycles. The van der Waals surface area contributed by atoms with Gasteiger partial charge in [0.25, 0.3) is 0 Å². The smallest absolute Gasteiger partial charge is 0.407 e. The van der Waals surface area contributed by atoms with Crippen LogP contribution in [0.15, 0.2) is 72.8 Å². The normalized spacial score (nSPS) is 17.8. The van der Waals surface area contributed by atoms with Gasteiger partial charge in [-0.3, -0.25) is 14.4 Å². The monoisotopic (exact) mass is 628 g/mol. The van der Waals surface area contributed by atoms with Crippen LogP contribution in [0.1, 0.15) is 57.6 Å². The summed E-state index contributed by atoms with van der Waals surface area (Å²) in [5.74, 6) is -0.955. The maximum Gasteiger partial charge on any atom is 0.407 e. The quantitative estimate of drug-likeness (QED) is 0.325. The number of carbonyl (C=O) groups excluding carboxylic acids is 4. The molecule has 0 bridgehead atoms. The van der Waals surface area contributed by atoms with Crippen LogP contribution in [-0.2, 0) is 32.0 Å². The number of ether oxygens (including phenoxy) is 1. The minimum Gasteiger partial charge on any atom is -0.444 e. The van der Waals surface area contributed by atoms with Crippen LogP contribution in [0.25, 0.3) is 10.8 Å². The van der Waals surface area contributed by atoms with E-state index in [4.69, 9.17) is 4.74 Å².